The number of anilines is 1. The predicted molar refractivity (Wildman–Crippen MR) is 70.5 cm³/mol. The van der Waals surface area contributed by atoms with Crippen LogP contribution in [0.5, 0.6) is 0 Å². The van der Waals surface area contributed by atoms with Gasteiger partial charge in [-0.25, -0.2) is 4.79 Å². The zero-order valence-electron chi connectivity index (χ0n) is 10.4. The molecule has 0 fully saturated rings. The number of hydrogen-bond acceptors (Lipinski definition) is 3. The maximum Gasteiger partial charge on any atom is 0.328 e. The van der Waals surface area contributed by atoms with E-state index in [-0.39, 0.29) is 5.97 Å². The molecule has 0 aliphatic carbocycles. The molecule has 0 spiro atoms. The molecule has 4 heteroatoms. The second-order valence-electron chi connectivity index (χ2n) is 3.97. The molecule has 1 aromatic carbocycles. The van der Waals surface area contributed by atoms with Crippen molar-refractivity contribution in [3.63, 3.8) is 0 Å². The van der Waals surface area contributed by atoms with E-state index in [2.05, 4.69) is 5.32 Å². The number of halogens is 1. The number of esters is 1. The predicted octanol–water partition coefficient (Wildman–Crippen LogP) is 3.40. The van der Waals surface area contributed by atoms with E-state index in [1.54, 1.807) is 13.0 Å². The average Bonchev–Trinajstić information content (AvgIpc) is 2.30. The number of aryl methyl sites for hydroxylation is 1. The van der Waals surface area contributed by atoms with Crippen LogP contribution in [0, 0.1) is 6.92 Å². The fourth-order valence-electron chi connectivity index (χ4n) is 1.42. The molecule has 0 radical (unpaired) electrons. The van der Waals surface area contributed by atoms with E-state index in [1.165, 1.54) is 0 Å². The Kier molecular flexibility index (Phi) is 5.29. The summed E-state index contributed by atoms with van der Waals surface area (Å²) in [4.78, 5) is 11.6. The molecule has 94 valence electrons. The first-order valence-electron chi connectivity index (χ1n) is 5.74. The highest BCUT2D eigenvalue weighted by atomic mass is 35.5. The number of ether oxygens (including phenoxy) is 1. The van der Waals surface area contributed by atoms with Crippen LogP contribution in [-0.4, -0.2) is 18.6 Å². The third-order valence-electron chi connectivity index (χ3n) is 2.38. The zero-order valence-corrected chi connectivity index (χ0v) is 11.2. The highest BCUT2D eigenvalue weighted by Crippen LogP contribution is 2.25. The summed E-state index contributed by atoms with van der Waals surface area (Å²) in [6.45, 7) is 6.12. The Hall–Kier alpha value is -1.22. The summed E-state index contributed by atoms with van der Waals surface area (Å²) in [5, 5.41) is 3.69. The van der Waals surface area contributed by atoms with Crippen molar-refractivity contribution in [2.24, 2.45) is 0 Å². The third kappa shape index (κ3) is 3.93. The number of para-hydroxylation sites is 1. The quantitative estimate of drug-likeness (QED) is 0.820. The molecule has 1 unspecified atom stereocenters. The van der Waals surface area contributed by atoms with Crippen molar-refractivity contribution in [3.05, 3.63) is 28.8 Å². The molecule has 0 saturated carbocycles. The van der Waals surface area contributed by atoms with Gasteiger partial charge in [-0.2, -0.15) is 0 Å². The number of benzene rings is 1. The topological polar surface area (TPSA) is 38.3 Å². The normalized spacial score (nSPS) is 12.0. The van der Waals surface area contributed by atoms with Gasteiger partial charge in [0.15, 0.2) is 0 Å². The minimum atomic E-state index is -0.403. The van der Waals surface area contributed by atoms with Gasteiger partial charge in [-0.15, -0.1) is 0 Å². The van der Waals surface area contributed by atoms with Crippen LogP contribution in [-0.2, 0) is 9.53 Å². The summed E-state index contributed by atoms with van der Waals surface area (Å²) in [6, 6.07) is 5.21. The first-order chi connectivity index (χ1) is 8.06. The average molecular weight is 256 g/mol. The van der Waals surface area contributed by atoms with E-state index in [4.69, 9.17) is 16.3 Å². The van der Waals surface area contributed by atoms with Gasteiger partial charge in [-0.1, -0.05) is 30.7 Å². The van der Waals surface area contributed by atoms with Gasteiger partial charge in [0.2, 0.25) is 0 Å². The summed E-state index contributed by atoms with van der Waals surface area (Å²) < 4.78 is 5.06. The largest absolute Gasteiger partial charge is 0.464 e. The van der Waals surface area contributed by atoms with Gasteiger partial charge in [-0.05, 0) is 31.9 Å². The molecule has 0 heterocycles. The molecular weight excluding hydrogens is 238 g/mol. The fourth-order valence-corrected chi connectivity index (χ4v) is 1.69. The van der Waals surface area contributed by atoms with Crippen molar-refractivity contribution in [1.82, 2.24) is 0 Å². The molecular formula is C13H18ClNO2. The molecule has 17 heavy (non-hydrogen) atoms. The number of rotatable bonds is 5. The number of hydrogen-bond donors (Lipinski definition) is 1. The Morgan fingerprint density at radius 1 is 1.53 bits per heavy atom. The summed E-state index contributed by atoms with van der Waals surface area (Å²) in [7, 11) is 0. The molecule has 1 rings (SSSR count). The van der Waals surface area contributed by atoms with Gasteiger partial charge in [0.1, 0.15) is 6.04 Å². The van der Waals surface area contributed by atoms with Crippen molar-refractivity contribution in [2.75, 3.05) is 11.9 Å². The third-order valence-corrected chi connectivity index (χ3v) is 2.70. The molecule has 0 amide bonds. The zero-order chi connectivity index (χ0) is 12.8. The molecule has 1 atom stereocenters. The highest BCUT2D eigenvalue weighted by molar-refractivity contribution is 6.33. The van der Waals surface area contributed by atoms with Gasteiger partial charge in [0, 0.05) is 0 Å². The van der Waals surface area contributed by atoms with Crippen molar-refractivity contribution >= 4 is 23.3 Å². The van der Waals surface area contributed by atoms with Crippen molar-refractivity contribution in [3.8, 4) is 0 Å². The van der Waals surface area contributed by atoms with E-state index >= 15 is 0 Å². The lowest BCUT2D eigenvalue weighted by Crippen LogP contribution is -2.28. The second-order valence-corrected chi connectivity index (χ2v) is 4.37. The van der Waals surface area contributed by atoms with Crippen molar-refractivity contribution in [2.45, 2.75) is 33.2 Å². The molecule has 0 aliphatic heterocycles. The summed E-state index contributed by atoms with van der Waals surface area (Å²) in [5.41, 5.74) is 1.79. The Balaban J connectivity index is 2.67. The molecule has 0 saturated heterocycles. The molecule has 1 N–H and O–H groups in total. The molecule has 0 bridgehead atoms. The van der Waals surface area contributed by atoms with Gasteiger partial charge in [-0.3, -0.25) is 0 Å². The van der Waals surface area contributed by atoms with Crippen molar-refractivity contribution in [1.29, 1.82) is 0 Å². The Labute approximate surface area is 107 Å². The maximum atomic E-state index is 11.6. The van der Waals surface area contributed by atoms with Gasteiger partial charge in [0.25, 0.3) is 0 Å². The van der Waals surface area contributed by atoms with E-state index < -0.39 is 6.04 Å². The number of nitrogens with one attached hydrogen (secondary N) is 1. The minimum absolute atomic E-state index is 0.258. The van der Waals surface area contributed by atoms with E-state index in [0.29, 0.717) is 11.6 Å². The van der Waals surface area contributed by atoms with Gasteiger partial charge >= 0.3 is 5.97 Å². The second kappa shape index (κ2) is 6.50. The first-order valence-corrected chi connectivity index (χ1v) is 6.12. The lowest BCUT2D eigenvalue weighted by molar-refractivity contribution is -0.144. The van der Waals surface area contributed by atoms with Crippen LogP contribution in [0.1, 0.15) is 25.8 Å². The minimum Gasteiger partial charge on any atom is -0.464 e. The van der Waals surface area contributed by atoms with Gasteiger partial charge in [0.05, 0.1) is 17.3 Å². The van der Waals surface area contributed by atoms with Crippen LogP contribution in [0.3, 0.4) is 0 Å². The summed E-state index contributed by atoms with van der Waals surface area (Å²) >= 11 is 6.07. The molecule has 1 aromatic rings. The molecule has 3 nitrogen and oxygen atoms in total. The smallest absolute Gasteiger partial charge is 0.328 e. The Bertz CT molecular complexity index is 373. The van der Waals surface area contributed by atoms with Gasteiger partial charge < -0.3 is 10.1 Å². The van der Waals surface area contributed by atoms with E-state index in [9.17, 15) is 4.79 Å². The standard InChI is InChI=1S/C13H18ClNO2/c1-4-8-17-13(16)10(3)15-12-9(2)6-5-7-11(12)14/h5-7,10,15H,4,8H2,1-3H3. The monoisotopic (exact) mass is 255 g/mol. The number of carbonyl (C=O) groups excluding carboxylic acids is 1. The van der Waals surface area contributed by atoms with Crippen LogP contribution in [0.25, 0.3) is 0 Å². The summed E-state index contributed by atoms with van der Waals surface area (Å²) in [6.07, 6.45) is 0.823. The highest BCUT2D eigenvalue weighted by Gasteiger charge is 2.15. The van der Waals surface area contributed by atoms with Crippen LogP contribution >= 0.6 is 11.6 Å². The van der Waals surface area contributed by atoms with Crippen LogP contribution < -0.4 is 5.32 Å². The Morgan fingerprint density at radius 2 is 2.24 bits per heavy atom. The number of carbonyl (C=O) groups is 1. The fraction of sp³-hybridized carbons (Fsp3) is 0.462. The van der Waals surface area contributed by atoms with Crippen LogP contribution in [0.4, 0.5) is 5.69 Å². The lowest BCUT2D eigenvalue weighted by atomic mass is 10.2. The first kappa shape index (κ1) is 13.8. The molecule has 0 aliphatic rings. The molecule has 0 aromatic heterocycles. The SMILES string of the molecule is CCCOC(=O)C(C)Nc1c(C)cccc1Cl. The maximum absolute atomic E-state index is 11.6. The van der Waals surface area contributed by atoms with E-state index in [0.717, 1.165) is 17.7 Å². The van der Waals surface area contributed by atoms with Crippen LogP contribution in [0.15, 0.2) is 18.2 Å². The van der Waals surface area contributed by atoms with E-state index in [1.807, 2.05) is 26.0 Å². The summed E-state index contributed by atoms with van der Waals surface area (Å²) in [5.74, 6) is -0.258. The van der Waals surface area contributed by atoms with Crippen LogP contribution in [0.2, 0.25) is 5.02 Å². The Morgan fingerprint density at radius 3 is 2.82 bits per heavy atom. The van der Waals surface area contributed by atoms with Crippen molar-refractivity contribution < 1.29 is 9.53 Å². The lowest BCUT2D eigenvalue weighted by Gasteiger charge is -2.17.